The summed E-state index contributed by atoms with van der Waals surface area (Å²) in [6.07, 6.45) is 6.39. The molecule has 0 nitrogen and oxygen atoms in total. The zero-order chi connectivity index (χ0) is 11.7. The van der Waals surface area contributed by atoms with Crippen LogP contribution in [0.4, 0.5) is 0 Å². The van der Waals surface area contributed by atoms with Gasteiger partial charge in [-0.05, 0) is 17.3 Å². The molecule has 0 N–H and O–H groups in total. The first kappa shape index (κ1) is 13.1. The molecule has 3 unspecified atom stereocenters. The molecule has 1 fully saturated rings. The van der Waals surface area contributed by atoms with Crippen LogP contribution in [-0.2, 0) is 0 Å². The Hall–Kier alpha value is 0.0649. The van der Waals surface area contributed by atoms with Crippen LogP contribution >= 0.6 is 0 Å². The van der Waals surface area contributed by atoms with Crippen molar-refractivity contribution in [3.8, 4) is 0 Å². The van der Waals surface area contributed by atoms with Crippen LogP contribution in [0, 0.1) is 17.3 Å². The van der Waals surface area contributed by atoms with Gasteiger partial charge in [0.05, 0.1) is 7.85 Å². The fourth-order valence-electron chi connectivity index (χ4n) is 3.34. The van der Waals surface area contributed by atoms with Crippen LogP contribution in [0.3, 0.4) is 0 Å². The van der Waals surface area contributed by atoms with Gasteiger partial charge in [0.1, 0.15) is 0 Å². The van der Waals surface area contributed by atoms with Crippen molar-refractivity contribution in [2.75, 3.05) is 0 Å². The highest BCUT2D eigenvalue weighted by Gasteiger charge is 2.44. The second-order valence-corrected chi connectivity index (χ2v) is 6.56. The number of hydrogen-bond donors (Lipinski definition) is 0. The molecule has 0 aromatic carbocycles. The topological polar surface area (TPSA) is 0 Å². The molecule has 15 heavy (non-hydrogen) atoms. The Kier molecular flexibility index (Phi) is 3.95. The van der Waals surface area contributed by atoms with E-state index >= 15 is 0 Å². The van der Waals surface area contributed by atoms with Gasteiger partial charge in [0.2, 0.25) is 0 Å². The van der Waals surface area contributed by atoms with Crippen molar-refractivity contribution in [1.29, 1.82) is 0 Å². The van der Waals surface area contributed by atoms with E-state index in [1.807, 2.05) is 0 Å². The summed E-state index contributed by atoms with van der Waals surface area (Å²) in [6, 6.07) is 0. The quantitative estimate of drug-likeness (QED) is 0.590. The summed E-state index contributed by atoms with van der Waals surface area (Å²) in [5.41, 5.74) is 0.469. The molecule has 0 spiro atoms. The molecule has 0 aromatic heterocycles. The molecule has 1 heteroatoms. The lowest BCUT2D eigenvalue weighted by atomic mass is 9.66. The predicted molar refractivity (Wildman–Crippen MR) is 69.3 cm³/mol. The number of hydrogen-bond acceptors (Lipinski definition) is 0. The zero-order valence-electron chi connectivity index (χ0n) is 11.3. The maximum atomic E-state index is 6.34. The average Bonchev–Trinajstić information content (AvgIpc) is 2.43. The van der Waals surface area contributed by atoms with E-state index < -0.39 is 0 Å². The third kappa shape index (κ3) is 3.01. The second kappa shape index (κ2) is 4.51. The molecule has 0 aliphatic heterocycles. The minimum atomic E-state index is 0.0942. The van der Waals surface area contributed by atoms with E-state index in [-0.39, 0.29) is 5.31 Å². The molecular formula is C14H27B. The van der Waals surface area contributed by atoms with Gasteiger partial charge < -0.3 is 0 Å². The van der Waals surface area contributed by atoms with Crippen molar-refractivity contribution in [1.82, 2.24) is 0 Å². The Balaban J connectivity index is 2.77. The van der Waals surface area contributed by atoms with Gasteiger partial charge in [-0.2, -0.15) is 0 Å². The zero-order valence-corrected chi connectivity index (χ0v) is 11.3. The molecular weight excluding hydrogens is 179 g/mol. The van der Waals surface area contributed by atoms with Crippen LogP contribution in [0.2, 0.25) is 5.31 Å². The van der Waals surface area contributed by atoms with Crippen molar-refractivity contribution in [3.63, 3.8) is 0 Å². The SMILES string of the molecule is [B]C1(C)CC(CCC)C(C(C)(C)CC)C1. The lowest BCUT2D eigenvalue weighted by Gasteiger charge is -2.35. The van der Waals surface area contributed by atoms with E-state index in [9.17, 15) is 0 Å². The summed E-state index contributed by atoms with van der Waals surface area (Å²) in [6.45, 7) is 11.7. The molecule has 86 valence electrons. The molecule has 1 aliphatic carbocycles. The van der Waals surface area contributed by atoms with E-state index in [1.165, 1.54) is 32.1 Å². The molecule has 0 bridgehead atoms. The van der Waals surface area contributed by atoms with E-state index in [0.29, 0.717) is 5.41 Å². The van der Waals surface area contributed by atoms with Gasteiger partial charge in [-0.25, -0.2) is 0 Å². The summed E-state index contributed by atoms with van der Waals surface area (Å²) in [5.74, 6) is 1.69. The Morgan fingerprint density at radius 1 is 1.27 bits per heavy atom. The molecule has 1 rings (SSSR count). The van der Waals surface area contributed by atoms with Crippen molar-refractivity contribution >= 4 is 7.85 Å². The summed E-state index contributed by atoms with van der Waals surface area (Å²) in [7, 11) is 6.34. The molecule has 0 aromatic rings. The maximum absolute atomic E-state index is 6.34. The fourth-order valence-corrected chi connectivity index (χ4v) is 3.34. The molecule has 1 aliphatic rings. The first-order valence-electron chi connectivity index (χ1n) is 6.61. The highest BCUT2D eigenvalue weighted by molar-refractivity contribution is 6.15. The normalized spacial score (nSPS) is 37.1. The molecule has 3 atom stereocenters. The third-order valence-corrected chi connectivity index (χ3v) is 4.56. The van der Waals surface area contributed by atoms with Gasteiger partial charge in [-0.1, -0.05) is 72.0 Å². The smallest absolute Gasteiger partial charge is 0.0683 e. The molecule has 1 saturated carbocycles. The van der Waals surface area contributed by atoms with E-state index in [1.54, 1.807) is 0 Å². The lowest BCUT2D eigenvalue weighted by Crippen LogP contribution is -2.26. The summed E-state index contributed by atoms with van der Waals surface area (Å²) in [4.78, 5) is 0. The minimum Gasteiger partial charge on any atom is -0.0683 e. The van der Waals surface area contributed by atoms with Crippen LogP contribution in [0.5, 0.6) is 0 Å². The van der Waals surface area contributed by atoms with Gasteiger partial charge in [0, 0.05) is 0 Å². The molecule has 0 saturated heterocycles. The van der Waals surface area contributed by atoms with Crippen LogP contribution < -0.4 is 0 Å². The van der Waals surface area contributed by atoms with Crippen molar-refractivity contribution < 1.29 is 0 Å². The highest BCUT2D eigenvalue weighted by Crippen LogP contribution is 2.56. The van der Waals surface area contributed by atoms with Crippen LogP contribution in [-0.4, -0.2) is 7.85 Å². The summed E-state index contributed by atoms with van der Waals surface area (Å²) >= 11 is 0. The van der Waals surface area contributed by atoms with Crippen molar-refractivity contribution in [2.24, 2.45) is 17.3 Å². The minimum absolute atomic E-state index is 0.0942. The van der Waals surface area contributed by atoms with Crippen LogP contribution in [0.15, 0.2) is 0 Å². The first-order valence-corrected chi connectivity index (χ1v) is 6.61. The lowest BCUT2D eigenvalue weighted by molar-refractivity contribution is 0.149. The van der Waals surface area contributed by atoms with Crippen molar-refractivity contribution in [3.05, 3.63) is 0 Å². The van der Waals surface area contributed by atoms with Gasteiger partial charge in [-0.3, -0.25) is 0 Å². The summed E-state index contributed by atoms with van der Waals surface area (Å²) < 4.78 is 0. The highest BCUT2D eigenvalue weighted by atomic mass is 14.5. The van der Waals surface area contributed by atoms with E-state index in [4.69, 9.17) is 7.85 Å². The van der Waals surface area contributed by atoms with Gasteiger partial charge in [0.15, 0.2) is 0 Å². The standard InChI is InChI=1S/C14H27B/c1-6-8-11-9-14(5,15)10-12(11)13(3,4)7-2/h11-12H,6-10H2,1-5H3. The van der Waals surface area contributed by atoms with E-state index in [2.05, 4.69) is 34.6 Å². The Bertz CT molecular complexity index is 205. The largest absolute Gasteiger partial charge is 0.0742 e. The van der Waals surface area contributed by atoms with Crippen LogP contribution in [0.1, 0.15) is 66.7 Å². The van der Waals surface area contributed by atoms with Gasteiger partial charge >= 0.3 is 0 Å². The Labute approximate surface area is 97.6 Å². The monoisotopic (exact) mass is 206 g/mol. The van der Waals surface area contributed by atoms with E-state index in [0.717, 1.165) is 11.8 Å². The van der Waals surface area contributed by atoms with Gasteiger partial charge in [0.25, 0.3) is 0 Å². The third-order valence-electron chi connectivity index (χ3n) is 4.56. The number of rotatable bonds is 4. The molecule has 0 heterocycles. The average molecular weight is 206 g/mol. The maximum Gasteiger partial charge on any atom is 0.0742 e. The first-order chi connectivity index (χ1) is 6.82. The van der Waals surface area contributed by atoms with Crippen molar-refractivity contribution in [2.45, 2.75) is 72.0 Å². The second-order valence-electron chi connectivity index (χ2n) is 6.56. The predicted octanol–water partition coefficient (Wildman–Crippen LogP) is 4.60. The van der Waals surface area contributed by atoms with Gasteiger partial charge in [-0.15, -0.1) is 0 Å². The molecule has 0 amide bonds. The summed E-state index contributed by atoms with van der Waals surface area (Å²) in [5, 5.41) is 0.0942. The molecule has 2 radical (unpaired) electrons. The Morgan fingerprint density at radius 2 is 1.87 bits per heavy atom. The van der Waals surface area contributed by atoms with Crippen LogP contribution in [0.25, 0.3) is 0 Å². The fraction of sp³-hybridized carbons (Fsp3) is 1.00. The Morgan fingerprint density at radius 3 is 2.33 bits per heavy atom.